The molecule has 1 saturated carbocycles. The van der Waals surface area contributed by atoms with Gasteiger partial charge >= 0.3 is 0 Å². The summed E-state index contributed by atoms with van der Waals surface area (Å²) in [7, 11) is 0. The van der Waals surface area contributed by atoms with Gasteiger partial charge in [-0.3, -0.25) is 0 Å². The van der Waals surface area contributed by atoms with Crippen molar-refractivity contribution in [1.29, 1.82) is 0 Å². The minimum absolute atomic E-state index is 0.312. The first-order chi connectivity index (χ1) is 9.16. The third kappa shape index (κ3) is 2.15. The van der Waals surface area contributed by atoms with E-state index >= 15 is 0 Å². The lowest BCUT2D eigenvalue weighted by atomic mass is 9.80. The highest BCUT2D eigenvalue weighted by Crippen LogP contribution is 2.36. The molecule has 1 fully saturated rings. The van der Waals surface area contributed by atoms with Crippen LogP contribution in [0.4, 0.5) is 5.82 Å². The molecule has 1 unspecified atom stereocenters. The Balaban J connectivity index is 1.98. The van der Waals surface area contributed by atoms with Gasteiger partial charge in [-0.15, -0.1) is 5.10 Å². The maximum atomic E-state index is 4.36. The van der Waals surface area contributed by atoms with Gasteiger partial charge in [0.05, 0.1) is 6.04 Å². The van der Waals surface area contributed by atoms with Gasteiger partial charge in [0, 0.05) is 6.04 Å². The van der Waals surface area contributed by atoms with Gasteiger partial charge in [0.15, 0.2) is 17.0 Å². The Kier molecular flexibility index (Phi) is 3.08. The average molecular weight is 260 g/mol. The Hall–Kier alpha value is -1.72. The van der Waals surface area contributed by atoms with Crippen molar-refractivity contribution >= 4 is 17.0 Å². The Morgan fingerprint density at radius 2 is 2.05 bits per heavy atom. The molecule has 3 rings (SSSR count). The van der Waals surface area contributed by atoms with Crippen molar-refractivity contribution in [3.05, 3.63) is 6.33 Å². The smallest absolute Gasteiger partial charge is 0.184 e. The molecule has 6 heteroatoms. The first-order valence-corrected chi connectivity index (χ1v) is 6.99. The topological polar surface area (TPSA) is 68.5 Å². The molecule has 0 aromatic carbocycles. The van der Waals surface area contributed by atoms with E-state index in [9.17, 15) is 0 Å². The number of rotatable bonds is 4. The summed E-state index contributed by atoms with van der Waals surface area (Å²) < 4.78 is 1.95. The number of hydrogen-bond donors (Lipinski definition) is 1. The SMILES string of the molecule is CC(C)Nc1ncnc2c1nnn2C(C)C1CCC1. The molecule has 2 heterocycles. The lowest BCUT2D eigenvalue weighted by molar-refractivity contribution is 0.212. The normalized spacial score (nSPS) is 17.7. The number of nitrogens with one attached hydrogen (secondary N) is 1. The molecule has 2 aromatic heterocycles. The highest BCUT2D eigenvalue weighted by atomic mass is 15.5. The van der Waals surface area contributed by atoms with Crippen LogP contribution in [0.1, 0.15) is 46.1 Å². The minimum atomic E-state index is 0.312. The lowest BCUT2D eigenvalue weighted by Gasteiger charge is -2.31. The Morgan fingerprint density at radius 3 is 2.68 bits per heavy atom. The fraction of sp³-hybridized carbons (Fsp3) is 0.692. The van der Waals surface area contributed by atoms with E-state index < -0.39 is 0 Å². The summed E-state index contributed by atoms with van der Waals surface area (Å²) in [5, 5.41) is 11.8. The molecule has 102 valence electrons. The molecule has 1 aliphatic rings. The molecule has 0 spiro atoms. The summed E-state index contributed by atoms with van der Waals surface area (Å²) in [6, 6.07) is 0.674. The van der Waals surface area contributed by atoms with Crippen LogP contribution in [0.25, 0.3) is 11.2 Å². The van der Waals surface area contributed by atoms with E-state index in [4.69, 9.17) is 0 Å². The molecule has 0 amide bonds. The maximum Gasteiger partial charge on any atom is 0.184 e. The summed E-state index contributed by atoms with van der Waals surface area (Å²) in [6.07, 6.45) is 5.48. The van der Waals surface area contributed by atoms with E-state index in [1.54, 1.807) is 6.33 Å². The highest BCUT2D eigenvalue weighted by molar-refractivity contribution is 5.81. The number of anilines is 1. The third-order valence-electron chi connectivity index (χ3n) is 3.90. The van der Waals surface area contributed by atoms with Crippen LogP contribution < -0.4 is 5.32 Å². The van der Waals surface area contributed by atoms with Crippen molar-refractivity contribution in [2.45, 2.75) is 52.1 Å². The first kappa shape index (κ1) is 12.3. The van der Waals surface area contributed by atoms with Crippen LogP contribution in [0.3, 0.4) is 0 Å². The molecule has 1 atom stereocenters. The average Bonchev–Trinajstić information content (AvgIpc) is 2.70. The molecular formula is C13H20N6. The van der Waals surface area contributed by atoms with Crippen molar-refractivity contribution < 1.29 is 0 Å². The number of nitrogens with zero attached hydrogens (tertiary/aromatic N) is 5. The maximum absolute atomic E-state index is 4.36. The van der Waals surface area contributed by atoms with Crippen molar-refractivity contribution in [3.8, 4) is 0 Å². The monoisotopic (exact) mass is 260 g/mol. The minimum Gasteiger partial charge on any atom is -0.366 e. The molecule has 0 bridgehead atoms. The van der Waals surface area contributed by atoms with E-state index in [0.29, 0.717) is 18.0 Å². The second-order valence-electron chi connectivity index (χ2n) is 5.66. The molecule has 0 aliphatic heterocycles. The summed E-state index contributed by atoms with van der Waals surface area (Å²) in [5.74, 6) is 1.48. The number of aromatic nitrogens is 5. The molecular weight excluding hydrogens is 240 g/mol. The molecule has 2 aromatic rings. The second kappa shape index (κ2) is 4.75. The first-order valence-electron chi connectivity index (χ1n) is 6.99. The highest BCUT2D eigenvalue weighted by Gasteiger charge is 2.27. The van der Waals surface area contributed by atoms with E-state index in [1.165, 1.54) is 19.3 Å². The van der Waals surface area contributed by atoms with E-state index in [1.807, 2.05) is 4.68 Å². The molecule has 0 radical (unpaired) electrons. The van der Waals surface area contributed by atoms with Gasteiger partial charge in [0.25, 0.3) is 0 Å². The standard InChI is InChI=1S/C13H20N6/c1-8(2)16-12-11-13(15-7-14-12)19(18-17-11)9(3)10-5-4-6-10/h7-10H,4-6H2,1-3H3,(H,14,15,16). The Bertz CT molecular complexity index is 572. The fourth-order valence-electron chi connectivity index (χ4n) is 2.54. The molecule has 1 N–H and O–H groups in total. The second-order valence-corrected chi connectivity index (χ2v) is 5.66. The lowest BCUT2D eigenvalue weighted by Crippen LogP contribution is -2.24. The third-order valence-corrected chi connectivity index (χ3v) is 3.90. The van der Waals surface area contributed by atoms with E-state index in [0.717, 1.165) is 17.0 Å². The zero-order valence-corrected chi connectivity index (χ0v) is 11.7. The van der Waals surface area contributed by atoms with Gasteiger partial charge in [-0.05, 0) is 39.5 Å². The number of hydrogen-bond acceptors (Lipinski definition) is 5. The fourth-order valence-corrected chi connectivity index (χ4v) is 2.54. The van der Waals surface area contributed by atoms with Crippen molar-refractivity contribution in [3.63, 3.8) is 0 Å². The summed E-state index contributed by atoms with van der Waals surface area (Å²) in [5.41, 5.74) is 1.60. The van der Waals surface area contributed by atoms with Gasteiger partial charge in [-0.1, -0.05) is 11.6 Å². The van der Waals surface area contributed by atoms with Crippen LogP contribution in [0, 0.1) is 5.92 Å². The van der Waals surface area contributed by atoms with Crippen LogP contribution in [0.2, 0.25) is 0 Å². The van der Waals surface area contributed by atoms with Crippen molar-refractivity contribution in [1.82, 2.24) is 25.0 Å². The zero-order valence-electron chi connectivity index (χ0n) is 11.7. The quantitative estimate of drug-likeness (QED) is 0.914. The van der Waals surface area contributed by atoms with Crippen molar-refractivity contribution in [2.24, 2.45) is 5.92 Å². The predicted octanol–water partition coefficient (Wildman–Crippen LogP) is 2.40. The van der Waals surface area contributed by atoms with E-state index in [2.05, 4.69) is 46.4 Å². The van der Waals surface area contributed by atoms with Crippen LogP contribution in [-0.4, -0.2) is 31.0 Å². The largest absolute Gasteiger partial charge is 0.366 e. The molecule has 1 aliphatic carbocycles. The van der Waals surface area contributed by atoms with Gasteiger partial charge < -0.3 is 5.32 Å². The van der Waals surface area contributed by atoms with Crippen molar-refractivity contribution in [2.75, 3.05) is 5.32 Å². The van der Waals surface area contributed by atoms with Gasteiger partial charge in [-0.2, -0.15) is 0 Å². The van der Waals surface area contributed by atoms with Crippen LogP contribution in [0.5, 0.6) is 0 Å². The van der Waals surface area contributed by atoms with Crippen LogP contribution >= 0.6 is 0 Å². The number of fused-ring (bicyclic) bond motifs is 1. The van der Waals surface area contributed by atoms with Gasteiger partial charge in [-0.25, -0.2) is 14.6 Å². The van der Waals surface area contributed by atoms with Crippen LogP contribution in [0.15, 0.2) is 6.33 Å². The molecule has 6 nitrogen and oxygen atoms in total. The summed E-state index contributed by atoms with van der Waals surface area (Å²) >= 11 is 0. The molecule has 0 saturated heterocycles. The molecule has 19 heavy (non-hydrogen) atoms. The Labute approximate surface area is 112 Å². The predicted molar refractivity (Wildman–Crippen MR) is 73.9 cm³/mol. The van der Waals surface area contributed by atoms with Crippen LogP contribution in [-0.2, 0) is 0 Å². The summed E-state index contributed by atoms with van der Waals surface area (Å²) in [4.78, 5) is 8.62. The summed E-state index contributed by atoms with van der Waals surface area (Å²) in [6.45, 7) is 6.36. The van der Waals surface area contributed by atoms with Gasteiger partial charge in [0.1, 0.15) is 6.33 Å². The van der Waals surface area contributed by atoms with E-state index in [-0.39, 0.29) is 0 Å². The van der Waals surface area contributed by atoms with Gasteiger partial charge in [0.2, 0.25) is 0 Å². The zero-order chi connectivity index (χ0) is 13.4. The Morgan fingerprint density at radius 1 is 1.26 bits per heavy atom.